The van der Waals surface area contributed by atoms with Crippen molar-refractivity contribution in [1.82, 2.24) is 14.9 Å². The van der Waals surface area contributed by atoms with Gasteiger partial charge in [-0.15, -0.1) is 0 Å². The van der Waals surface area contributed by atoms with Crippen molar-refractivity contribution in [3.63, 3.8) is 0 Å². The summed E-state index contributed by atoms with van der Waals surface area (Å²) in [5, 5.41) is 3.20. The zero-order valence-electron chi connectivity index (χ0n) is 20.2. The van der Waals surface area contributed by atoms with E-state index in [1.807, 2.05) is 48.8 Å². The van der Waals surface area contributed by atoms with Gasteiger partial charge in [0, 0.05) is 30.4 Å². The Hall–Kier alpha value is -3.28. The Morgan fingerprint density at radius 3 is 2.65 bits per heavy atom. The number of carbonyl (C=O) groups is 1. The number of hydrogen-bond acceptors (Lipinski definition) is 4. The Balaban J connectivity index is 1.27. The predicted octanol–water partition coefficient (Wildman–Crippen LogP) is 5.27. The summed E-state index contributed by atoms with van der Waals surface area (Å²) in [6.07, 6.45) is 9.54. The quantitative estimate of drug-likeness (QED) is 0.447. The summed E-state index contributed by atoms with van der Waals surface area (Å²) < 4.78 is 13.7. The van der Waals surface area contributed by atoms with Gasteiger partial charge in [0.05, 0.1) is 13.7 Å². The molecule has 1 aliphatic carbocycles. The van der Waals surface area contributed by atoms with Crippen LogP contribution in [-0.4, -0.2) is 35.2 Å². The van der Waals surface area contributed by atoms with E-state index in [2.05, 4.69) is 33.9 Å². The zero-order chi connectivity index (χ0) is 23.8. The van der Waals surface area contributed by atoms with E-state index in [0.717, 1.165) is 35.7 Å². The summed E-state index contributed by atoms with van der Waals surface area (Å²) >= 11 is 0. The van der Waals surface area contributed by atoms with E-state index in [1.165, 1.54) is 12.8 Å². The van der Waals surface area contributed by atoms with Crippen molar-refractivity contribution in [3.05, 3.63) is 66.5 Å². The summed E-state index contributed by atoms with van der Waals surface area (Å²) in [4.78, 5) is 16.9. The summed E-state index contributed by atoms with van der Waals surface area (Å²) in [5.74, 6) is 3.23. The molecule has 0 spiro atoms. The Morgan fingerprint density at radius 2 is 1.88 bits per heavy atom. The molecule has 0 bridgehead atoms. The molecule has 6 heteroatoms. The van der Waals surface area contributed by atoms with Gasteiger partial charge >= 0.3 is 0 Å². The van der Waals surface area contributed by atoms with Gasteiger partial charge in [-0.2, -0.15) is 0 Å². The van der Waals surface area contributed by atoms with Crippen molar-refractivity contribution in [2.24, 2.45) is 5.92 Å². The van der Waals surface area contributed by atoms with E-state index in [1.54, 1.807) is 7.11 Å². The van der Waals surface area contributed by atoms with Crippen LogP contribution < -0.4 is 14.8 Å². The Bertz CT molecular complexity index is 1060. The van der Waals surface area contributed by atoms with Gasteiger partial charge in [-0.05, 0) is 55.7 Å². The highest BCUT2D eigenvalue weighted by Gasteiger charge is 2.19. The molecule has 0 saturated heterocycles. The highest BCUT2D eigenvalue weighted by molar-refractivity contribution is 5.76. The van der Waals surface area contributed by atoms with Crippen molar-refractivity contribution < 1.29 is 14.3 Å². The molecule has 1 aliphatic rings. The molecule has 2 aromatic carbocycles. The maximum atomic E-state index is 12.4. The van der Waals surface area contributed by atoms with Crippen LogP contribution in [0.2, 0.25) is 0 Å². The fourth-order valence-electron chi connectivity index (χ4n) is 4.54. The van der Waals surface area contributed by atoms with Crippen LogP contribution >= 0.6 is 0 Å². The van der Waals surface area contributed by atoms with Crippen LogP contribution in [0.15, 0.2) is 60.9 Å². The first-order valence-electron chi connectivity index (χ1n) is 12.3. The fourth-order valence-corrected chi connectivity index (χ4v) is 4.54. The van der Waals surface area contributed by atoms with Crippen molar-refractivity contribution >= 4 is 5.91 Å². The number of hydrogen-bond donors (Lipinski definition) is 1. The second-order valence-electron chi connectivity index (χ2n) is 9.17. The van der Waals surface area contributed by atoms with Crippen LogP contribution in [0.3, 0.4) is 0 Å². The average molecular weight is 462 g/mol. The first-order valence-corrected chi connectivity index (χ1v) is 12.3. The van der Waals surface area contributed by atoms with Crippen molar-refractivity contribution in [2.45, 2.75) is 58.0 Å². The van der Waals surface area contributed by atoms with E-state index < -0.39 is 0 Å². The molecule has 0 unspecified atom stereocenters. The molecule has 180 valence electrons. The Morgan fingerprint density at radius 1 is 1.09 bits per heavy atom. The van der Waals surface area contributed by atoms with Crippen molar-refractivity contribution in [1.29, 1.82) is 0 Å². The average Bonchev–Trinajstić information content (AvgIpc) is 3.34. The minimum Gasteiger partial charge on any atom is -0.493 e. The molecule has 1 saturated carbocycles. The minimum absolute atomic E-state index is 0.133. The van der Waals surface area contributed by atoms with Crippen LogP contribution in [-0.2, 0) is 17.8 Å². The molecule has 1 amide bonds. The topological polar surface area (TPSA) is 65.4 Å². The standard InChI is InChI=1S/C28H35N3O3/c1-21-8-12-24(13-9-21)30-27(32)15-11-22-10-14-25(26(20-22)33-2)34-19-18-31-17-16-29-28(31)23-6-4-3-5-7-23/h3-7,10,14,16-17,20-21,24H,8-9,11-13,15,18-19H2,1-2H3,(H,30,32). The number of imidazole rings is 1. The fraction of sp³-hybridized carbons (Fsp3) is 0.429. The number of nitrogens with one attached hydrogen (secondary N) is 1. The van der Waals surface area contributed by atoms with Gasteiger partial charge in [-0.1, -0.05) is 43.3 Å². The maximum Gasteiger partial charge on any atom is 0.220 e. The molecule has 1 fully saturated rings. The van der Waals surface area contributed by atoms with E-state index in [-0.39, 0.29) is 5.91 Å². The van der Waals surface area contributed by atoms with Crippen LogP contribution in [0.4, 0.5) is 0 Å². The first-order chi connectivity index (χ1) is 16.6. The van der Waals surface area contributed by atoms with Crippen LogP contribution in [0, 0.1) is 5.92 Å². The SMILES string of the molecule is COc1cc(CCC(=O)NC2CCC(C)CC2)ccc1OCCn1ccnc1-c1ccccc1. The highest BCUT2D eigenvalue weighted by Crippen LogP contribution is 2.29. The molecule has 1 N–H and O–H groups in total. The van der Waals surface area contributed by atoms with Gasteiger partial charge in [0.1, 0.15) is 12.4 Å². The monoisotopic (exact) mass is 461 g/mol. The molecule has 3 aromatic rings. The number of methoxy groups -OCH3 is 1. The number of carbonyl (C=O) groups excluding carboxylic acids is 1. The largest absolute Gasteiger partial charge is 0.493 e. The number of ether oxygens (including phenoxy) is 2. The normalized spacial score (nSPS) is 17.8. The molecule has 0 aliphatic heterocycles. The van der Waals surface area contributed by atoms with Crippen LogP contribution in [0.25, 0.3) is 11.4 Å². The first kappa shape index (κ1) is 23.9. The summed E-state index contributed by atoms with van der Waals surface area (Å²) in [5.41, 5.74) is 2.15. The minimum atomic E-state index is 0.133. The number of aryl methyl sites for hydroxylation is 1. The van der Waals surface area contributed by atoms with E-state index in [4.69, 9.17) is 9.47 Å². The van der Waals surface area contributed by atoms with Gasteiger partial charge < -0.3 is 19.4 Å². The second kappa shape index (κ2) is 11.7. The third kappa shape index (κ3) is 6.40. The summed E-state index contributed by atoms with van der Waals surface area (Å²) in [6.45, 7) is 3.46. The molecule has 6 nitrogen and oxygen atoms in total. The zero-order valence-corrected chi connectivity index (χ0v) is 20.2. The van der Waals surface area contributed by atoms with E-state index in [0.29, 0.717) is 43.5 Å². The summed E-state index contributed by atoms with van der Waals surface area (Å²) in [7, 11) is 1.64. The second-order valence-corrected chi connectivity index (χ2v) is 9.17. The molecular formula is C28H35N3O3. The third-order valence-electron chi connectivity index (χ3n) is 6.59. The van der Waals surface area contributed by atoms with E-state index >= 15 is 0 Å². The van der Waals surface area contributed by atoms with Gasteiger partial charge in [0.2, 0.25) is 5.91 Å². The molecule has 1 heterocycles. The van der Waals surface area contributed by atoms with Gasteiger partial charge in [-0.25, -0.2) is 4.98 Å². The van der Waals surface area contributed by atoms with E-state index in [9.17, 15) is 4.79 Å². The lowest BCUT2D eigenvalue weighted by Crippen LogP contribution is -2.37. The Kier molecular flexibility index (Phi) is 8.23. The lowest BCUT2D eigenvalue weighted by Gasteiger charge is -2.26. The lowest BCUT2D eigenvalue weighted by molar-refractivity contribution is -0.122. The highest BCUT2D eigenvalue weighted by atomic mass is 16.5. The van der Waals surface area contributed by atoms with Gasteiger partial charge in [0.25, 0.3) is 0 Å². The molecule has 34 heavy (non-hydrogen) atoms. The molecule has 0 atom stereocenters. The molecule has 1 aromatic heterocycles. The number of nitrogens with zero attached hydrogens (tertiary/aromatic N) is 2. The Labute approximate surface area is 202 Å². The third-order valence-corrected chi connectivity index (χ3v) is 6.59. The van der Waals surface area contributed by atoms with Crippen LogP contribution in [0.5, 0.6) is 11.5 Å². The van der Waals surface area contributed by atoms with Crippen molar-refractivity contribution in [3.8, 4) is 22.9 Å². The van der Waals surface area contributed by atoms with Crippen molar-refractivity contribution in [2.75, 3.05) is 13.7 Å². The number of amides is 1. The molecular weight excluding hydrogens is 426 g/mol. The van der Waals surface area contributed by atoms with Gasteiger partial charge in [-0.3, -0.25) is 4.79 Å². The predicted molar refractivity (Wildman–Crippen MR) is 134 cm³/mol. The summed E-state index contributed by atoms with van der Waals surface area (Å²) in [6, 6.07) is 16.4. The maximum absolute atomic E-state index is 12.4. The molecule has 0 radical (unpaired) electrons. The van der Waals surface area contributed by atoms with Crippen LogP contribution in [0.1, 0.15) is 44.6 Å². The number of rotatable bonds is 10. The smallest absolute Gasteiger partial charge is 0.220 e. The molecule has 4 rings (SSSR count). The lowest BCUT2D eigenvalue weighted by atomic mass is 9.87. The van der Waals surface area contributed by atoms with Gasteiger partial charge in [0.15, 0.2) is 11.5 Å². The number of benzene rings is 2. The number of aromatic nitrogens is 2.